The fourth-order valence-corrected chi connectivity index (χ4v) is 1.53. The first kappa shape index (κ1) is 13.0. The van der Waals surface area contributed by atoms with Crippen LogP contribution in [0, 0.1) is 0 Å². The Hall–Kier alpha value is -2.43. The van der Waals surface area contributed by atoms with Crippen LogP contribution in [0.5, 0.6) is 11.5 Å². The molecule has 0 aliphatic carbocycles. The van der Waals surface area contributed by atoms with Crippen LogP contribution in [0.1, 0.15) is 5.76 Å². The molecule has 0 bridgehead atoms. The fourth-order valence-electron chi connectivity index (χ4n) is 1.53. The number of amides is 1. The van der Waals surface area contributed by atoms with E-state index >= 15 is 0 Å². The second kappa shape index (κ2) is 6.49. The Labute approximate surface area is 111 Å². The van der Waals surface area contributed by atoms with Gasteiger partial charge in [-0.3, -0.25) is 4.79 Å². The van der Waals surface area contributed by atoms with Gasteiger partial charge in [0.15, 0.2) is 18.1 Å². The third-order valence-electron chi connectivity index (χ3n) is 2.47. The predicted molar refractivity (Wildman–Crippen MR) is 69.0 cm³/mol. The van der Waals surface area contributed by atoms with Gasteiger partial charge >= 0.3 is 0 Å². The molecule has 0 spiro atoms. The highest BCUT2D eigenvalue weighted by molar-refractivity contribution is 5.77. The molecule has 19 heavy (non-hydrogen) atoms. The molecule has 1 aromatic heterocycles. The molecule has 0 saturated carbocycles. The summed E-state index contributed by atoms with van der Waals surface area (Å²) in [7, 11) is 1.55. The highest BCUT2D eigenvalue weighted by Crippen LogP contribution is 2.25. The number of para-hydroxylation sites is 2. The molecule has 1 amide bonds. The Morgan fingerprint density at radius 1 is 1.21 bits per heavy atom. The molecule has 5 heteroatoms. The van der Waals surface area contributed by atoms with Crippen molar-refractivity contribution in [2.45, 2.75) is 6.54 Å². The van der Waals surface area contributed by atoms with Crippen LogP contribution in [0.4, 0.5) is 0 Å². The molecule has 0 atom stereocenters. The van der Waals surface area contributed by atoms with Gasteiger partial charge in [-0.1, -0.05) is 12.1 Å². The van der Waals surface area contributed by atoms with Crippen LogP contribution in [0.15, 0.2) is 47.1 Å². The summed E-state index contributed by atoms with van der Waals surface area (Å²) >= 11 is 0. The maximum absolute atomic E-state index is 11.6. The molecule has 2 aromatic rings. The fraction of sp³-hybridized carbons (Fsp3) is 0.214. The average molecular weight is 261 g/mol. The number of carbonyl (C=O) groups is 1. The molecule has 1 aromatic carbocycles. The molecule has 100 valence electrons. The van der Waals surface area contributed by atoms with Crippen LogP contribution in [-0.4, -0.2) is 19.6 Å². The van der Waals surface area contributed by atoms with Crippen molar-refractivity contribution in [1.29, 1.82) is 0 Å². The van der Waals surface area contributed by atoms with E-state index in [1.165, 1.54) is 0 Å². The van der Waals surface area contributed by atoms with Gasteiger partial charge in [0.05, 0.1) is 19.9 Å². The third-order valence-corrected chi connectivity index (χ3v) is 2.47. The lowest BCUT2D eigenvalue weighted by atomic mass is 10.3. The van der Waals surface area contributed by atoms with E-state index in [9.17, 15) is 4.79 Å². The molecular weight excluding hydrogens is 246 g/mol. The monoisotopic (exact) mass is 261 g/mol. The number of methoxy groups -OCH3 is 1. The predicted octanol–water partition coefficient (Wildman–Crippen LogP) is 1.98. The minimum absolute atomic E-state index is 0.0684. The normalized spacial score (nSPS) is 9.95. The minimum atomic E-state index is -0.220. The zero-order valence-corrected chi connectivity index (χ0v) is 10.6. The number of benzene rings is 1. The second-order valence-electron chi connectivity index (χ2n) is 3.80. The van der Waals surface area contributed by atoms with Gasteiger partial charge in [-0.15, -0.1) is 0 Å². The average Bonchev–Trinajstić information content (AvgIpc) is 2.96. The summed E-state index contributed by atoms with van der Waals surface area (Å²) in [5.74, 6) is 1.62. The van der Waals surface area contributed by atoms with E-state index in [1.54, 1.807) is 37.6 Å². The van der Waals surface area contributed by atoms with E-state index in [-0.39, 0.29) is 12.5 Å². The van der Waals surface area contributed by atoms with Crippen LogP contribution in [0.25, 0.3) is 0 Å². The smallest absolute Gasteiger partial charge is 0.258 e. The molecular formula is C14H15NO4. The van der Waals surface area contributed by atoms with Crippen LogP contribution < -0.4 is 14.8 Å². The van der Waals surface area contributed by atoms with E-state index < -0.39 is 0 Å². The van der Waals surface area contributed by atoms with Gasteiger partial charge in [0.25, 0.3) is 5.91 Å². The van der Waals surface area contributed by atoms with E-state index in [0.717, 1.165) is 0 Å². The van der Waals surface area contributed by atoms with Crippen molar-refractivity contribution in [3.8, 4) is 11.5 Å². The molecule has 0 fully saturated rings. The van der Waals surface area contributed by atoms with Gasteiger partial charge < -0.3 is 19.2 Å². The quantitative estimate of drug-likeness (QED) is 0.863. The van der Waals surface area contributed by atoms with Crippen LogP contribution in [-0.2, 0) is 11.3 Å². The highest BCUT2D eigenvalue weighted by atomic mass is 16.5. The SMILES string of the molecule is COc1ccccc1OCC(=O)NCc1ccco1. The number of furan rings is 1. The lowest BCUT2D eigenvalue weighted by molar-refractivity contribution is -0.123. The first-order valence-corrected chi connectivity index (χ1v) is 5.84. The van der Waals surface area contributed by atoms with Crippen molar-refractivity contribution in [3.63, 3.8) is 0 Å². The summed E-state index contributed by atoms with van der Waals surface area (Å²) < 4.78 is 15.6. The lowest BCUT2D eigenvalue weighted by Gasteiger charge is -2.09. The Kier molecular flexibility index (Phi) is 4.44. The molecule has 1 heterocycles. The van der Waals surface area contributed by atoms with Crippen molar-refractivity contribution in [2.75, 3.05) is 13.7 Å². The Morgan fingerprint density at radius 3 is 2.68 bits per heavy atom. The standard InChI is InChI=1S/C14H15NO4/c1-17-12-6-2-3-7-13(12)19-10-14(16)15-9-11-5-4-8-18-11/h2-8H,9-10H2,1H3,(H,15,16). The van der Waals surface area contributed by atoms with E-state index in [1.807, 2.05) is 12.1 Å². The van der Waals surface area contributed by atoms with Crippen molar-refractivity contribution in [3.05, 3.63) is 48.4 Å². The molecule has 0 aliphatic heterocycles. The van der Waals surface area contributed by atoms with Gasteiger partial charge in [0.1, 0.15) is 5.76 Å². The summed E-state index contributed by atoms with van der Waals surface area (Å²) in [5, 5.41) is 2.69. The van der Waals surface area contributed by atoms with E-state index in [2.05, 4.69) is 5.32 Å². The third kappa shape index (κ3) is 3.77. The molecule has 1 N–H and O–H groups in total. The minimum Gasteiger partial charge on any atom is -0.493 e. The summed E-state index contributed by atoms with van der Waals surface area (Å²) in [6.07, 6.45) is 1.56. The molecule has 5 nitrogen and oxygen atoms in total. The van der Waals surface area contributed by atoms with Gasteiger partial charge in [-0.25, -0.2) is 0 Å². The molecule has 0 saturated heterocycles. The first-order valence-electron chi connectivity index (χ1n) is 5.84. The number of carbonyl (C=O) groups excluding carboxylic acids is 1. The zero-order chi connectivity index (χ0) is 13.5. The molecule has 0 radical (unpaired) electrons. The van der Waals surface area contributed by atoms with E-state index in [0.29, 0.717) is 23.8 Å². The van der Waals surface area contributed by atoms with Crippen LogP contribution >= 0.6 is 0 Å². The van der Waals surface area contributed by atoms with Crippen molar-refractivity contribution >= 4 is 5.91 Å². The number of hydrogen-bond acceptors (Lipinski definition) is 4. The first-order chi connectivity index (χ1) is 9.29. The van der Waals surface area contributed by atoms with Crippen molar-refractivity contribution in [2.24, 2.45) is 0 Å². The Balaban J connectivity index is 1.80. The van der Waals surface area contributed by atoms with Gasteiger partial charge in [0, 0.05) is 0 Å². The van der Waals surface area contributed by atoms with Crippen LogP contribution in [0.2, 0.25) is 0 Å². The van der Waals surface area contributed by atoms with Crippen LogP contribution in [0.3, 0.4) is 0 Å². The maximum atomic E-state index is 11.6. The summed E-state index contributed by atoms with van der Waals surface area (Å²) in [4.78, 5) is 11.6. The molecule has 2 rings (SSSR count). The maximum Gasteiger partial charge on any atom is 0.258 e. The lowest BCUT2D eigenvalue weighted by Crippen LogP contribution is -2.28. The second-order valence-corrected chi connectivity index (χ2v) is 3.80. The van der Waals surface area contributed by atoms with E-state index in [4.69, 9.17) is 13.9 Å². The largest absolute Gasteiger partial charge is 0.493 e. The number of hydrogen-bond donors (Lipinski definition) is 1. The molecule has 0 unspecified atom stereocenters. The van der Waals surface area contributed by atoms with Gasteiger partial charge in [-0.2, -0.15) is 0 Å². The number of ether oxygens (including phenoxy) is 2. The highest BCUT2D eigenvalue weighted by Gasteiger charge is 2.07. The number of nitrogens with one attached hydrogen (secondary N) is 1. The Bertz CT molecular complexity index is 522. The van der Waals surface area contributed by atoms with Gasteiger partial charge in [-0.05, 0) is 24.3 Å². The summed E-state index contributed by atoms with van der Waals surface area (Å²) in [5.41, 5.74) is 0. The topological polar surface area (TPSA) is 60.7 Å². The summed E-state index contributed by atoms with van der Waals surface area (Å²) in [6.45, 7) is 0.280. The molecule has 0 aliphatic rings. The summed E-state index contributed by atoms with van der Waals surface area (Å²) in [6, 6.07) is 10.7. The van der Waals surface area contributed by atoms with Crippen molar-refractivity contribution < 1.29 is 18.7 Å². The zero-order valence-electron chi connectivity index (χ0n) is 10.6. The number of rotatable bonds is 6. The van der Waals surface area contributed by atoms with Crippen molar-refractivity contribution in [1.82, 2.24) is 5.32 Å². The Morgan fingerprint density at radius 2 is 2.00 bits per heavy atom. The van der Waals surface area contributed by atoms with Gasteiger partial charge in [0.2, 0.25) is 0 Å².